The Kier molecular flexibility index (Phi) is 5.96. The van der Waals surface area contributed by atoms with E-state index in [4.69, 9.17) is 4.74 Å². The molecule has 1 atom stereocenters. The molecular formula is C24H30N2O2. The van der Waals surface area contributed by atoms with E-state index in [0.29, 0.717) is 5.91 Å². The average molecular weight is 379 g/mol. The van der Waals surface area contributed by atoms with Gasteiger partial charge in [-0.3, -0.25) is 9.69 Å². The highest BCUT2D eigenvalue weighted by molar-refractivity contribution is 5.82. The lowest BCUT2D eigenvalue weighted by molar-refractivity contribution is -0.137. The zero-order valence-corrected chi connectivity index (χ0v) is 16.8. The standard InChI is InChI=1S/C24H30N2O2/c1-28-23-10-3-2-8-21(23)20-13-11-19(12-14-20)18-26-17-5-4-9-22(26)24(27)25-15-6-7-16-25/h2-3,8,10-14,22H,4-7,9,15-18H2,1H3. The maximum absolute atomic E-state index is 13.0. The van der Waals surface area contributed by atoms with E-state index < -0.39 is 0 Å². The molecule has 1 unspecified atom stereocenters. The van der Waals surface area contributed by atoms with E-state index in [1.165, 1.54) is 12.0 Å². The number of amides is 1. The molecule has 0 N–H and O–H groups in total. The molecule has 2 saturated heterocycles. The van der Waals surface area contributed by atoms with Gasteiger partial charge in [0.05, 0.1) is 13.2 Å². The van der Waals surface area contributed by atoms with E-state index in [2.05, 4.69) is 40.1 Å². The summed E-state index contributed by atoms with van der Waals surface area (Å²) in [7, 11) is 1.71. The molecule has 2 aliphatic heterocycles. The van der Waals surface area contributed by atoms with Gasteiger partial charge in [-0.2, -0.15) is 0 Å². The van der Waals surface area contributed by atoms with E-state index in [1.807, 2.05) is 18.2 Å². The summed E-state index contributed by atoms with van der Waals surface area (Å²) in [6.45, 7) is 3.74. The minimum atomic E-state index is 0.0562. The van der Waals surface area contributed by atoms with E-state index in [9.17, 15) is 4.79 Å². The first-order chi connectivity index (χ1) is 13.8. The molecule has 0 aromatic heterocycles. The average Bonchev–Trinajstić information content (AvgIpc) is 3.29. The van der Waals surface area contributed by atoms with Gasteiger partial charge in [0.25, 0.3) is 0 Å². The Hall–Kier alpha value is -2.33. The molecule has 2 aromatic carbocycles. The molecule has 28 heavy (non-hydrogen) atoms. The summed E-state index contributed by atoms with van der Waals surface area (Å²) in [5.74, 6) is 1.24. The summed E-state index contributed by atoms with van der Waals surface area (Å²) < 4.78 is 5.49. The van der Waals surface area contributed by atoms with Gasteiger partial charge in [0, 0.05) is 25.2 Å². The number of methoxy groups -OCH3 is 1. The van der Waals surface area contributed by atoms with Gasteiger partial charge in [0.2, 0.25) is 5.91 Å². The molecule has 2 fully saturated rings. The first-order valence-corrected chi connectivity index (χ1v) is 10.5. The number of nitrogens with zero attached hydrogens (tertiary/aromatic N) is 2. The normalized spacial score (nSPS) is 20.3. The fourth-order valence-electron chi connectivity index (χ4n) is 4.52. The van der Waals surface area contributed by atoms with Crippen LogP contribution in [0.3, 0.4) is 0 Å². The fourth-order valence-corrected chi connectivity index (χ4v) is 4.52. The molecule has 4 heteroatoms. The third-order valence-electron chi connectivity index (χ3n) is 6.07. The molecule has 0 radical (unpaired) electrons. The van der Waals surface area contributed by atoms with Gasteiger partial charge in [-0.15, -0.1) is 0 Å². The van der Waals surface area contributed by atoms with Gasteiger partial charge < -0.3 is 9.64 Å². The van der Waals surface area contributed by atoms with Crippen LogP contribution in [0.1, 0.15) is 37.7 Å². The lowest BCUT2D eigenvalue weighted by Crippen LogP contribution is -2.49. The third kappa shape index (κ3) is 4.07. The molecule has 0 spiro atoms. The fraction of sp³-hybridized carbons (Fsp3) is 0.458. The second-order valence-corrected chi connectivity index (χ2v) is 7.91. The quantitative estimate of drug-likeness (QED) is 0.776. The summed E-state index contributed by atoms with van der Waals surface area (Å²) in [5, 5.41) is 0. The molecule has 148 valence electrons. The maximum Gasteiger partial charge on any atom is 0.239 e. The largest absolute Gasteiger partial charge is 0.496 e. The van der Waals surface area contributed by atoms with Gasteiger partial charge in [0.15, 0.2) is 0 Å². The minimum absolute atomic E-state index is 0.0562. The van der Waals surface area contributed by atoms with Crippen LogP contribution in [0.5, 0.6) is 5.75 Å². The van der Waals surface area contributed by atoms with Crippen LogP contribution in [-0.2, 0) is 11.3 Å². The number of hydrogen-bond donors (Lipinski definition) is 0. The first kappa shape index (κ1) is 19.0. The van der Waals surface area contributed by atoms with Crippen LogP contribution >= 0.6 is 0 Å². The number of carbonyl (C=O) groups excluding carboxylic acids is 1. The minimum Gasteiger partial charge on any atom is -0.496 e. The predicted molar refractivity (Wildman–Crippen MR) is 112 cm³/mol. The lowest BCUT2D eigenvalue weighted by atomic mass is 9.99. The second-order valence-electron chi connectivity index (χ2n) is 7.91. The Labute approximate surface area is 168 Å². The van der Waals surface area contributed by atoms with E-state index >= 15 is 0 Å². The summed E-state index contributed by atoms with van der Waals surface area (Å²) in [4.78, 5) is 17.4. The number of likely N-dealkylation sites (tertiary alicyclic amines) is 2. The van der Waals surface area contributed by atoms with Crippen LogP contribution in [0.4, 0.5) is 0 Å². The second kappa shape index (κ2) is 8.78. The van der Waals surface area contributed by atoms with Gasteiger partial charge >= 0.3 is 0 Å². The molecule has 4 nitrogen and oxygen atoms in total. The van der Waals surface area contributed by atoms with Crippen molar-refractivity contribution in [1.82, 2.24) is 9.80 Å². The molecule has 0 saturated carbocycles. The van der Waals surface area contributed by atoms with Gasteiger partial charge in [-0.25, -0.2) is 0 Å². The first-order valence-electron chi connectivity index (χ1n) is 10.5. The Morgan fingerprint density at radius 2 is 1.68 bits per heavy atom. The predicted octanol–water partition coefficient (Wildman–Crippen LogP) is 4.34. The number of ether oxygens (including phenoxy) is 1. The number of carbonyl (C=O) groups is 1. The van der Waals surface area contributed by atoms with Crippen LogP contribution in [0, 0.1) is 0 Å². The SMILES string of the molecule is COc1ccccc1-c1ccc(CN2CCCCC2C(=O)N2CCCC2)cc1. The number of benzene rings is 2. The van der Waals surface area contributed by atoms with Crippen molar-refractivity contribution >= 4 is 5.91 Å². The summed E-state index contributed by atoms with van der Waals surface area (Å²) in [6, 6.07) is 16.9. The van der Waals surface area contributed by atoms with E-state index in [1.54, 1.807) is 7.11 Å². The molecule has 0 aliphatic carbocycles. The van der Waals surface area contributed by atoms with Crippen LogP contribution < -0.4 is 4.74 Å². The highest BCUT2D eigenvalue weighted by Crippen LogP contribution is 2.30. The zero-order chi connectivity index (χ0) is 19.3. The van der Waals surface area contributed by atoms with E-state index in [0.717, 1.165) is 68.7 Å². The Bertz CT molecular complexity index is 797. The van der Waals surface area contributed by atoms with Crippen LogP contribution in [0.25, 0.3) is 11.1 Å². The number of rotatable bonds is 5. The Morgan fingerprint density at radius 3 is 2.43 bits per heavy atom. The van der Waals surface area contributed by atoms with Crippen molar-refractivity contribution < 1.29 is 9.53 Å². The Morgan fingerprint density at radius 1 is 0.964 bits per heavy atom. The van der Waals surface area contributed by atoms with Gasteiger partial charge in [-0.1, -0.05) is 48.9 Å². The Balaban J connectivity index is 1.47. The third-order valence-corrected chi connectivity index (χ3v) is 6.07. The van der Waals surface area contributed by atoms with Crippen molar-refractivity contribution in [3.8, 4) is 16.9 Å². The number of para-hydroxylation sites is 1. The van der Waals surface area contributed by atoms with Crippen LogP contribution in [0.2, 0.25) is 0 Å². The highest BCUT2D eigenvalue weighted by Gasteiger charge is 2.32. The van der Waals surface area contributed by atoms with Gasteiger partial charge in [0.1, 0.15) is 5.75 Å². The topological polar surface area (TPSA) is 32.8 Å². The van der Waals surface area contributed by atoms with Gasteiger partial charge in [-0.05, 0) is 49.4 Å². The molecule has 0 bridgehead atoms. The van der Waals surface area contributed by atoms with Crippen molar-refractivity contribution in [3.05, 3.63) is 54.1 Å². The number of hydrogen-bond acceptors (Lipinski definition) is 3. The molecule has 4 rings (SSSR count). The number of piperidine rings is 1. The lowest BCUT2D eigenvalue weighted by Gasteiger charge is -2.36. The van der Waals surface area contributed by atoms with Crippen LogP contribution in [0.15, 0.2) is 48.5 Å². The van der Waals surface area contributed by atoms with Crippen LogP contribution in [-0.4, -0.2) is 48.5 Å². The van der Waals surface area contributed by atoms with Crippen molar-refractivity contribution in [2.45, 2.75) is 44.7 Å². The molecule has 2 aliphatic rings. The molecule has 2 heterocycles. The highest BCUT2D eigenvalue weighted by atomic mass is 16.5. The summed E-state index contributed by atoms with van der Waals surface area (Å²) in [6.07, 6.45) is 5.65. The van der Waals surface area contributed by atoms with Crippen molar-refractivity contribution in [2.75, 3.05) is 26.7 Å². The molecule has 1 amide bonds. The van der Waals surface area contributed by atoms with Crippen molar-refractivity contribution in [2.24, 2.45) is 0 Å². The zero-order valence-electron chi connectivity index (χ0n) is 16.8. The maximum atomic E-state index is 13.0. The van der Waals surface area contributed by atoms with Crippen molar-refractivity contribution in [3.63, 3.8) is 0 Å². The monoisotopic (exact) mass is 378 g/mol. The summed E-state index contributed by atoms with van der Waals surface area (Å²) in [5.41, 5.74) is 3.53. The smallest absolute Gasteiger partial charge is 0.239 e. The van der Waals surface area contributed by atoms with Crippen molar-refractivity contribution in [1.29, 1.82) is 0 Å². The van der Waals surface area contributed by atoms with E-state index in [-0.39, 0.29) is 6.04 Å². The molecular weight excluding hydrogens is 348 g/mol. The summed E-state index contributed by atoms with van der Waals surface area (Å²) >= 11 is 0. The molecule has 2 aromatic rings.